The van der Waals surface area contributed by atoms with Gasteiger partial charge >= 0.3 is 0 Å². The largest absolute Gasteiger partial charge is 0.355 e. The lowest BCUT2D eigenvalue weighted by molar-refractivity contribution is -0.116. The molecule has 8 heteroatoms. The molecule has 1 N–H and O–H groups in total. The average molecular weight is 387 g/mol. The normalized spacial score (nSPS) is 10.8. The fraction of sp³-hybridized carbons (Fsp3) is 0.150. The van der Waals surface area contributed by atoms with Gasteiger partial charge in [-0.3, -0.25) is 14.6 Å². The molecule has 0 saturated heterocycles. The van der Waals surface area contributed by atoms with Crippen molar-refractivity contribution in [3.63, 3.8) is 0 Å². The van der Waals surface area contributed by atoms with Crippen LogP contribution in [0.4, 0.5) is 18.9 Å². The number of para-hydroxylation sites is 1. The number of hydrogen-bond acceptors (Lipinski definition) is 3. The van der Waals surface area contributed by atoms with Crippen LogP contribution in [-0.4, -0.2) is 30.9 Å². The van der Waals surface area contributed by atoms with Crippen LogP contribution in [0.5, 0.6) is 0 Å². The Bertz CT molecular complexity index is 1120. The second kappa shape index (κ2) is 7.30. The van der Waals surface area contributed by atoms with Crippen molar-refractivity contribution < 1.29 is 22.8 Å². The van der Waals surface area contributed by atoms with Gasteiger partial charge in [0, 0.05) is 49.8 Å². The molecule has 0 radical (unpaired) electrons. The second-order valence-corrected chi connectivity index (χ2v) is 6.13. The van der Waals surface area contributed by atoms with Crippen molar-refractivity contribution in [2.24, 2.45) is 0 Å². The summed E-state index contributed by atoms with van der Waals surface area (Å²) in [6.07, 6.45) is 1.24. The van der Waals surface area contributed by atoms with Crippen molar-refractivity contribution in [1.82, 2.24) is 10.3 Å². The Morgan fingerprint density at radius 1 is 1.11 bits per heavy atom. The number of hydrogen-bond donors (Lipinski definition) is 1. The number of rotatable bonds is 3. The number of nitrogens with one attached hydrogen (secondary N) is 1. The zero-order valence-electron chi connectivity index (χ0n) is 15.3. The third-order valence-electron chi connectivity index (χ3n) is 4.43. The first kappa shape index (κ1) is 19.3. The van der Waals surface area contributed by atoms with Crippen molar-refractivity contribution in [1.29, 1.82) is 0 Å². The number of benzene rings is 2. The summed E-state index contributed by atoms with van der Waals surface area (Å²) in [5.41, 5.74) is 0.420. The summed E-state index contributed by atoms with van der Waals surface area (Å²) in [4.78, 5) is 29.7. The van der Waals surface area contributed by atoms with Crippen LogP contribution in [-0.2, 0) is 4.79 Å². The monoisotopic (exact) mass is 387 g/mol. The Kier molecular flexibility index (Phi) is 5.04. The van der Waals surface area contributed by atoms with Gasteiger partial charge in [-0.05, 0) is 6.07 Å². The average Bonchev–Trinajstić information content (AvgIpc) is 2.68. The van der Waals surface area contributed by atoms with Gasteiger partial charge in [-0.15, -0.1) is 0 Å². The van der Waals surface area contributed by atoms with E-state index in [1.54, 1.807) is 6.07 Å². The molecule has 0 unspecified atom stereocenters. The Hall–Kier alpha value is -3.42. The Morgan fingerprint density at radius 2 is 1.82 bits per heavy atom. The molecule has 0 fully saturated rings. The van der Waals surface area contributed by atoms with E-state index in [-0.39, 0.29) is 33.8 Å². The van der Waals surface area contributed by atoms with E-state index in [2.05, 4.69) is 10.3 Å². The Balaban J connectivity index is 2.40. The third kappa shape index (κ3) is 3.17. The van der Waals surface area contributed by atoms with Crippen molar-refractivity contribution in [3.05, 3.63) is 59.5 Å². The van der Waals surface area contributed by atoms with Gasteiger partial charge in [-0.2, -0.15) is 0 Å². The molecular weight excluding hydrogens is 371 g/mol. The molecule has 0 aliphatic carbocycles. The lowest BCUT2D eigenvalue weighted by atomic mass is 9.98. The molecule has 1 heterocycles. The predicted molar refractivity (Wildman–Crippen MR) is 99.5 cm³/mol. The van der Waals surface area contributed by atoms with Gasteiger partial charge in [0.05, 0.1) is 16.8 Å². The highest BCUT2D eigenvalue weighted by Crippen LogP contribution is 2.36. The highest BCUT2D eigenvalue weighted by atomic mass is 19.2. The highest BCUT2D eigenvalue weighted by molar-refractivity contribution is 6.13. The zero-order valence-corrected chi connectivity index (χ0v) is 15.3. The third-order valence-corrected chi connectivity index (χ3v) is 4.43. The molecule has 5 nitrogen and oxygen atoms in total. The molecule has 3 rings (SSSR count). The molecular formula is C20H16F3N3O2. The van der Waals surface area contributed by atoms with Gasteiger partial charge in [0.15, 0.2) is 11.6 Å². The van der Waals surface area contributed by atoms with Crippen LogP contribution in [0.1, 0.15) is 17.3 Å². The van der Waals surface area contributed by atoms with Gasteiger partial charge in [-0.1, -0.05) is 18.2 Å². The SMILES string of the molecule is CNC(=O)c1cnc2c(-c3cc(F)cc(F)c3F)cccc2c1N(C)C(C)=O. The van der Waals surface area contributed by atoms with E-state index >= 15 is 0 Å². The maximum absolute atomic E-state index is 14.3. The minimum Gasteiger partial charge on any atom is -0.355 e. The predicted octanol–water partition coefficient (Wildman–Crippen LogP) is 3.66. The Labute approximate surface area is 158 Å². The standard InChI is InChI=1S/C20H16F3N3O2/c1-10(27)26(3)19-13-6-4-5-12(14-7-11(21)8-16(22)17(14)23)18(13)25-9-15(19)20(28)24-2/h4-9H,1-3H3,(H,24,28). The number of halogens is 3. The van der Waals surface area contributed by atoms with E-state index in [9.17, 15) is 22.8 Å². The summed E-state index contributed by atoms with van der Waals surface area (Å²) >= 11 is 0. The molecule has 2 aromatic carbocycles. The van der Waals surface area contributed by atoms with E-state index in [1.807, 2.05) is 0 Å². The first-order valence-electron chi connectivity index (χ1n) is 8.29. The molecule has 0 aliphatic rings. The van der Waals surface area contributed by atoms with Gasteiger partial charge in [-0.25, -0.2) is 13.2 Å². The van der Waals surface area contributed by atoms with Crippen LogP contribution >= 0.6 is 0 Å². The molecule has 0 saturated carbocycles. The van der Waals surface area contributed by atoms with Gasteiger partial charge in [0.25, 0.3) is 5.91 Å². The number of aromatic nitrogens is 1. The highest BCUT2D eigenvalue weighted by Gasteiger charge is 2.23. The van der Waals surface area contributed by atoms with Crippen LogP contribution in [0.15, 0.2) is 36.5 Å². The Morgan fingerprint density at radius 3 is 2.46 bits per heavy atom. The van der Waals surface area contributed by atoms with E-state index in [4.69, 9.17) is 0 Å². The number of anilines is 1. The lowest BCUT2D eigenvalue weighted by Crippen LogP contribution is -2.28. The minimum atomic E-state index is -1.32. The molecule has 0 bridgehead atoms. The van der Waals surface area contributed by atoms with E-state index < -0.39 is 23.4 Å². The molecule has 0 atom stereocenters. The summed E-state index contributed by atoms with van der Waals surface area (Å²) < 4.78 is 41.8. The lowest BCUT2D eigenvalue weighted by Gasteiger charge is -2.21. The van der Waals surface area contributed by atoms with Crippen LogP contribution < -0.4 is 10.2 Å². The molecule has 28 heavy (non-hydrogen) atoms. The zero-order chi connectivity index (χ0) is 20.6. The summed E-state index contributed by atoms with van der Waals surface area (Å²) in [5.74, 6) is -4.28. The summed E-state index contributed by atoms with van der Waals surface area (Å²) in [5, 5.41) is 2.84. The van der Waals surface area contributed by atoms with Crippen LogP contribution in [0, 0.1) is 17.5 Å². The smallest absolute Gasteiger partial charge is 0.254 e. The number of fused-ring (bicyclic) bond motifs is 1. The van der Waals surface area contributed by atoms with Crippen molar-refractivity contribution >= 4 is 28.4 Å². The van der Waals surface area contributed by atoms with Crippen molar-refractivity contribution in [2.75, 3.05) is 19.0 Å². The summed E-state index contributed by atoms with van der Waals surface area (Å²) in [7, 11) is 2.92. The first-order valence-corrected chi connectivity index (χ1v) is 8.29. The molecule has 3 aromatic rings. The van der Waals surface area contributed by atoms with E-state index in [0.29, 0.717) is 11.5 Å². The van der Waals surface area contributed by atoms with Crippen LogP contribution in [0.25, 0.3) is 22.0 Å². The van der Waals surface area contributed by atoms with E-state index in [1.165, 1.54) is 44.2 Å². The van der Waals surface area contributed by atoms with Crippen LogP contribution in [0.3, 0.4) is 0 Å². The number of nitrogens with zero attached hydrogens (tertiary/aromatic N) is 2. The minimum absolute atomic E-state index is 0.134. The maximum atomic E-state index is 14.3. The van der Waals surface area contributed by atoms with Gasteiger partial charge in [0.1, 0.15) is 5.82 Å². The first-order chi connectivity index (χ1) is 13.3. The van der Waals surface area contributed by atoms with Crippen LogP contribution in [0.2, 0.25) is 0 Å². The second-order valence-electron chi connectivity index (χ2n) is 6.13. The number of amides is 2. The molecule has 2 amide bonds. The molecule has 0 spiro atoms. The van der Waals surface area contributed by atoms with Gasteiger partial charge in [0.2, 0.25) is 5.91 Å². The number of pyridine rings is 1. The molecule has 144 valence electrons. The number of carbonyl (C=O) groups excluding carboxylic acids is 2. The molecule has 0 aliphatic heterocycles. The maximum Gasteiger partial charge on any atom is 0.254 e. The van der Waals surface area contributed by atoms with Gasteiger partial charge < -0.3 is 10.2 Å². The fourth-order valence-corrected chi connectivity index (χ4v) is 3.00. The topological polar surface area (TPSA) is 62.3 Å². The summed E-state index contributed by atoms with van der Waals surface area (Å²) in [6, 6.07) is 5.92. The van der Waals surface area contributed by atoms with E-state index in [0.717, 1.165) is 6.07 Å². The quantitative estimate of drug-likeness (QED) is 0.698. The number of carbonyl (C=O) groups is 2. The molecule has 1 aromatic heterocycles. The summed E-state index contributed by atoms with van der Waals surface area (Å²) in [6.45, 7) is 1.32. The van der Waals surface area contributed by atoms with Crippen molar-refractivity contribution in [2.45, 2.75) is 6.92 Å². The fourth-order valence-electron chi connectivity index (χ4n) is 3.00. The van der Waals surface area contributed by atoms with Crippen molar-refractivity contribution in [3.8, 4) is 11.1 Å².